The molecule has 2 aliphatic carbocycles. The normalized spacial score (nSPS) is 21.8. The number of benzene rings is 2. The Morgan fingerprint density at radius 1 is 0.900 bits per heavy atom. The lowest BCUT2D eigenvalue weighted by Gasteiger charge is -2.20. The lowest BCUT2D eigenvalue weighted by molar-refractivity contribution is -0.127. The molecule has 2 bridgehead atoms. The Kier molecular flexibility index (Phi) is 6.21. The molecule has 6 nitrogen and oxygen atoms in total. The van der Waals surface area contributed by atoms with Gasteiger partial charge in [-0.1, -0.05) is 18.6 Å². The Bertz CT molecular complexity index is 879. The molecule has 2 aliphatic rings. The Balaban J connectivity index is 1.23. The molecule has 0 saturated heterocycles. The monoisotopic (exact) mass is 408 g/mol. The second kappa shape index (κ2) is 9.20. The topological polar surface area (TPSA) is 76.7 Å². The highest BCUT2D eigenvalue weighted by Crippen LogP contribution is 2.48. The zero-order chi connectivity index (χ0) is 20.9. The molecule has 2 aromatic rings. The molecule has 0 unspecified atom stereocenters. The number of rotatable bonds is 7. The average molecular weight is 408 g/mol. The van der Waals surface area contributed by atoms with Gasteiger partial charge in [0.2, 0.25) is 5.91 Å². The van der Waals surface area contributed by atoms with Crippen LogP contribution in [0.1, 0.15) is 48.5 Å². The molecule has 0 aromatic heterocycles. The second-order valence-corrected chi connectivity index (χ2v) is 8.11. The molecule has 0 aliphatic heterocycles. The van der Waals surface area contributed by atoms with Gasteiger partial charge in [0.25, 0.3) is 5.91 Å². The highest BCUT2D eigenvalue weighted by Gasteiger charge is 2.43. The van der Waals surface area contributed by atoms with Gasteiger partial charge in [-0.3, -0.25) is 20.4 Å². The Morgan fingerprint density at radius 3 is 2.20 bits per heavy atom. The van der Waals surface area contributed by atoms with Gasteiger partial charge in [-0.2, -0.15) is 0 Å². The molecule has 0 radical (unpaired) electrons. The van der Waals surface area contributed by atoms with Crippen LogP contribution < -0.4 is 20.3 Å². The van der Waals surface area contributed by atoms with E-state index in [4.69, 9.17) is 9.47 Å². The number of hydrogen-bond acceptors (Lipinski definition) is 4. The van der Waals surface area contributed by atoms with E-state index in [1.165, 1.54) is 6.42 Å². The van der Waals surface area contributed by atoms with E-state index in [-0.39, 0.29) is 17.7 Å². The van der Waals surface area contributed by atoms with Crippen molar-refractivity contribution < 1.29 is 19.1 Å². The quantitative estimate of drug-likeness (QED) is 0.682. The van der Waals surface area contributed by atoms with E-state index >= 15 is 0 Å². The zero-order valence-electron chi connectivity index (χ0n) is 17.2. The number of hydrogen-bond donors (Lipinski definition) is 2. The van der Waals surface area contributed by atoms with Crippen LogP contribution in [0.15, 0.2) is 48.5 Å². The number of fused-ring (bicyclic) bond motifs is 2. The maximum atomic E-state index is 12.4. The first kappa shape index (κ1) is 20.3. The SMILES string of the molecule is CCOc1ccc(OCc2ccc(C(=O)NNC(=O)[C@H]3C[C@H]4CC[C@H]3C4)cc2)cc1. The summed E-state index contributed by atoms with van der Waals surface area (Å²) < 4.78 is 11.2. The average Bonchev–Trinajstić information content (AvgIpc) is 3.41. The fourth-order valence-corrected chi connectivity index (χ4v) is 4.57. The van der Waals surface area contributed by atoms with E-state index in [0.29, 0.717) is 30.6 Å². The van der Waals surface area contributed by atoms with Crippen molar-refractivity contribution in [2.24, 2.45) is 17.8 Å². The fourth-order valence-electron chi connectivity index (χ4n) is 4.57. The second-order valence-electron chi connectivity index (χ2n) is 8.11. The van der Waals surface area contributed by atoms with Crippen molar-refractivity contribution in [2.75, 3.05) is 6.61 Å². The third kappa shape index (κ3) is 4.75. The molecule has 0 heterocycles. The molecule has 30 heavy (non-hydrogen) atoms. The summed E-state index contributed by atoms with van der Waals surface area (Å²) >= 11 is 0. The van der Waals surface area contributed by atoms with Gasteiger partial charge in [0, 0.05) is 11.5 Å². The summed E-state index contributed by atoms with van der Waals surface area (Å²) in [6.45, 7) is 2.98. The van der Waals surface area contributed by atoms with Gasteiger partial charge in [-0.15, -0.1) is 0 Å². The molecular formula is C24H28N2O4. The molecule has 0 spiro atoms. The minimum atomic E-state index is -0.314. The summed E-state index contributed by atoms with van der Waals surface area (Å²) in [5, 5.41) is 0. The van der Waals surface area contributed by atoms with E-state index in [9.17, 15) is 9.59 Å². The van der Waals surface area contributed by atoms with Gasteiger partial charge in [0.1, 0.15) is 18.1 Å². The van der Waals surface area contributed by atoms with Crippen molar-refractivity contribution in [1.29, 1.82) is 0 Å². The smallest absolute Gasteiger partial charge is 0.269 e. The number of carbonyl (C=O) groups excluding carboxylic acids is 2. The summed E-state index contributed by atoms with van der Waals surface area (Å²) in [6.07, 6.45) is 4.49. The van der Waals surface area contributed by atoms with E-state index < -0.39 is 0 Å². The van der Waals surface area contributed by atoms with Crippen molar-refractivity contribution in [1.82, 2.24) is 10.9 Å². The number of hydrazine groups is 1. The molecular weight excluding hydrogens is 380 g/mol. The minimum absolute atomic E-state index is 0.0474. The molecule has 4 rings (SSSR count). The lowest BCUT2D eigenvalue weighted by atomic mass is 9.88. The standard InChI is InChI=1S/C24H28N2O4/c1-2-29-20-9-11-21(12-10-20)30-15-16-3-6-18(7-4-16)23(27)25-26-24(28)22-14-17-5-8-19(22)13-17/h3-4,6-7,9-12,17,19,22H,2,5,8,13-15H2,1H3,(H,25,27)(H,26,28)/t17-,19-,22-/m0/s1. The van der Waals surface area contributed by atoms with Gasteiger partial charge in [0.15, 0.2) is 0 Å². The van der Waals surface area contributed by atoms with Crippen LogP contribution in [0.25, 0.3) is 0 Å². The maximum absolute atomic E-state index is 12.4. The van der Waals surface area contributed by atoms with Crippen molar-refractivity contribution >= 4 is 11.8 Å². The molecule has 2 amide bonds. The summed E-state index contributed by atoms with van der Waals surface area (Å²) in [6, 6.07) is 14.6. The maximum Gasteiger partial charge on any atom is 0.269 e. The first-order valence-corrected chi connectivity index (χ1v) is 10.7. The molecule has 2 aromatic carbocycles. The fraction of sp³-hybridized carbons (Fsp3) is 0.417. The molecule has 158 valence electrons. The van der Waals surface area contributed by atoms with Crippen molar-refractivity contribution in [3.8, 4) is 11.5 Å². The van der Waals surface area contributed by atoms with Crippen LogP contribution >= 0.6 is 0 Å². The molecule has 3 atom stereocenters. The van der Waals surface area contributed by atoms with E-state index in [2.05, 4.69) is 10.9 Å². The van der Waals surface area contributed by atoms with Crippen molar-refractivity contribution in [3.63, 3.8) is 0 Å². The predicted octanol–water partition coefficient (Wildman–Crippen LogP) is 3.86. The first-order chi connectivity index (χ1) is 14.6. The molecule has 2 saturated carbocycles. The van der Waals surface area contributed by atoms with Crippen LogP contribution in [0.2, 0.25) is 0 Å². The van der Waals surface area contributed by atoms with Crippen LogP contribution in [0.4, 0.5) is 0 Å². The molecule has 2 fully saturated rings. The third-order valence-electron chi connectivity index (χ3n) is 6.13. The van der Waals surface area contributed by atoms with Gasteiger partial charge in [0.05, 0.1) is 6.61 Å². The largest absolute Gasteiger partial charge is 0.494 e. The molecule has 2 N–H and O–H groups in total. The number of ether oxygens (including phenoxy) is 2. The summed E-state index contributed by atoms with van der Waals surface area (Å²) in [4.78, 5) is 24.7. The molecule has 6 heteroatoms. The van der Waals surface area contributed by atoms with Crippen LogP contribution in [0.5, 0.6) is 11.5 Å². The first-order valence-electron chi connectivity index (χ1n) is 10.7. The van der Waals surface area contributed by atoms with Gasteiger partial charge < -0.3 is 9.47 Å². The Hall–Kier alpha value is -3.02. The van der Waals surface area contributed by atoms with Crippen LogP contribution in [0, 0.1) is 17.8 Å². The van der Waals surface area contributed by atoms with Crippen LogP contribution in [0.3, 0.4) is 0 Å². The number of amides is 2. The van der Waals surface area contributed by atoms with Gasteiger partial charge >= 0.3 is 0 Å². The number of nitrogens with one attached hydrogen (secondary N) is 2. The number of carbonyl (C=O) groups is 2. The van der Waals surface area contributed by atoms with Gasteiger partial charge in [-0.05, 0) is 80.0 Å². The zero-order valence-corrected chi connectivity index (χ0v) is 17.2. The summed E-state index contributed by atoms with van der Waals surface area (Å²) in [7, 11) is 0. The van der Waals surface area contributed by atoms with Crippen molar-refractivity contribution in [2.45, 2.75) is 39.2 Å². The Morgan fingerprint density at radius 2 is 1.60 bits per heavy atom. The lowest BCUT2D eigenvalue weighted by Crippen LogP contribution is -2.45. The highest BCUT2D eigenvalue weighted by atomic mass is 16.5. The predicted molar refractivity (Wildman–Crippen MR) is 113 cm³/mol. The van der Waals surface area contributed by atoms with E-state index in [1.807, 2.05) is 43.3 Å². The minimum Gasteiger partial charge on any atom is -0.494 e. The van der Waals surface area contributed by atoms with Crippen LogP contribution in [-0.4, -0.2) is 18.4 Å². The Labute approximate surface area is 176 Å². The van der Waals surface area contributed by atoms with Crippen molar-refractivity contribution in [3.05, 3.63) is 59.7 Å². The summed E-state index contributed by atoms with van der Waals surface area (Å²) in [5.41, 5.74) is 6.60. The van der Waals surface area contributed by atoms with Crippen LogP contribution in [-0.2, 0) is 11.4 Å². The highest BCUT2D eigenvalue weighted by molar-refractivity contribution is 5.95. The van der Waals surface area contributed by atoms with Gasteiger partial charge in [-0.25, -0.2) is 0 Å². The van der Waals surface area contributed by atoms with E-state index in [0.717, 1.165) is 36.3 Å². The third-order valence-corrected chi connectivity index (χ3v) is 6.13. The summed E-state index contributed by atoms with van der Waals surface area (Å²) in [5.74, 6) is 2.42. The van der Waals surface area contributed by atoms with E-state index in [1.54, 1.807) is 12.1 Å².